The third-order valence-corrected chi connectivity index (χ3v) is 9.35. The van der Waals surface area contributed by atoms with Crippen molar-refractivity contribution in [3.8, 4) is 16.9 Å². The molecule has 3 heterocycles. The van der Waals surface area contributed by atoms with E-state index in [0.717, 1.165) is 11.1 Å². The highest BCUT2D eigenvalue weighted by molar-refractivity contribution is 7.53. The summed E-state index contributed by atoms with van der Waals surface area (Å²) in [6.07, 6.45) is 5.93. The van der Waals surface area contributed by atoms with Gasteiger partial charge in [0, 0.05) is 47.2 Å². The van der Waals surface area contributed by atoms with E-state index in [1.807, 2.05) is 15.8 Å². The van der Waals surface area contributed by atoms with Gasteiger partial charge in [-0.3, -0.25) is 14.1 Å². The smallest absolute Gasteiger partial charge is 0.345 e. The molecule has 0 radical (unpaired) electrons. The number of piperidine rings is 1. The SMILES string of the molecule is CC(Oc1cc(-c2cnn(C3CCN(C(C)(C)P(=O)(O)O)CC3)c2)cnc1N)c1c(Cl)ccc(F)c1Cl. The largest absolute Gasteiger partial charge is 0.482 e. The predicted molar refractivity (Wildman–Crippen MR) is 141 cm³/mol. The van der Waals surface area contributed by atoms with Crippen LogP contribution in [-0.2, 0) is 4.57 Å². The number of halogens is 3. The molecule has 3 aromatic rings. The fourth-order valence-electron chi connectivity index (χ4n) is 4.42. The van der Waals surface area contributed by atoms with Crippen LogP contribution in [0.3, 0.4) is 0 Å². The zero-order valence-corrected chi connectivity index (χ0v) is 23.0. The lowest BCUT2D eigenvalue weighted by Crippen LogP contribution is -2.48. The molecule has 1 fully saturated rings. The minimum atomic E-state index is -4.27. The summed E-state index contributed by atoms with van der Waals surface area (Å²) < 4.78 is 33.7. The molecule has 0 saturated carbocycles. The van der Waals surface area contributed by atoms with Gasteiger partial charge >= 0.3 is 7.60 Å². The predicted octanol–water partition coefficient (Wildman–Crippen LogP) is 5.66. The van der Waals surface area contributed by atoms with E-state index in [0.29, 0.717) is 37.2 Å². The molecule has 0 aliphatic carbocycles. The van der Waals surface area contributed by atoms with Crippen LogP contribution < -0.4 is 10.5 Å². The molecule has 1 atom stereocenters. The van der Waals surface area contributed by atoms with Crippen molar-refractivity contribution in [2.45, 2.75) is 51.0 Å². The van der Waals surface area contributed by atoms with Crippen molar-refractivity contribution < 1.29 is 23.5 Å². The number of rotatable bonds is 7. The second kappa shape index (κ2) is 10.5. The Morgan fingerprint density at radius 2 is 1.89 bits per heavy atom. The van der Waals surface area contributed by atoms with Crippen molar-refractivity contribution in [3.05, 3.63) is 58.2 Å². The first-order valence-electron chi connectivity index (χ1n) is 11.7. The summed E-state index contributed by atoms with van der Waals surface area (Å²) in [5, 5.41) is 3.47. The minimum absolute atomic E-state index is 0.0901. The van der Waals surface area contributed by atoms with Gasteiger partial charge in [-0.15, -0.1) is 0 Å². The van der Waals surface area contributed by atoms with Crippen LogP contribution in [0.25, 0.3) is 11.1 Å². The second-order valence-electron chi connectivity index (χ2n) is 9.59. The van der Waals surface area contributed by atoms with Crippen molar-refractivity contribution in [1.82, 2.24) is 19.7 Å². The molecule has 0 spiro atoms. The summed E-state index contributed by atoms with van der Waals surface area (Å²) in [7, 11) is -4.27. The molecular weight excluding hydrogens is 543 g/mol. The molecule has 1 aromatic carbocycles. The highest BCUT2D eigenvalue weighted by atomic mass is 35.5. The first-order valence-corrected chi connectivity index (χ1v) is 14.1. The Labute approximate surface area is 224 Å². The number of ether oxygens (including phenoxy) is 1. The molecular formula is C24H29Cl2FN5O4P. The van der Waals surface area contributed by atoms with Gasteiger partial charge in [-0.1, -0.05) is 23.2 Å². The van der Waals surface area contributed by atoms with Crippen LogP contribution >= 0.6 is 30.8 Å². The number of pyridine rings is 1. The molecule has 37 heavy (non-hydrogen) atoms. The third kappa shape index (κ3) is 5.65. The van der Waals surface area contributed by atoms with Gasteiger partial charge in [-0.2, -0.15) is 5.10 Å². The van der Waals surface area contributed by atoms with E-state index < -0.39 is 24.8 Å². The average Bonchev–Trinajstić information content (AvgIpc) is 3.33. The lowest BCUT2D eigenvalue weighted by atomic mass is 10.0. The van der Waals surface area contributed by atoms with E-state index >= 15 is 0 Å². The maximum Gasteiger partial charge on any atom is 0.345 e. The summed E-state index contributed by atoms with van der Waals surface area (Å²) in [5.41, 5.74) is 7.88. The van der Waals surface area contributed by atoms with Crippen LogP contribution in [0.5, 0.6) is 5.75 Å². The van der Waals surface area contributed by atoms with E-state index in [2.05, 4.69) is 10.1 Å². The molecule has 200 valence electrons. The molecule has 2 aromatic heterocycles. The highest BCUT2D eigenvalue weighted by Crippen LogP contribution is 2.52. The Bertz CT molecular complexity index is 1340. The van der Waals surface area contributed by atoms with E-state index in [1.165, 1.54) is 12.1 Å². The Morgan fingerprint density at radius 1 is 1.22 bits per heavy atom. The molecule has 13 heteroatoms. The molecule has 4 rings (SSSR count). The summed E-state index contributed by atoms with van der Waals surface area (Å²) >= 11 is 12.4. The first-order chi connectivity index (χ1) is 17.3. The second-order valence-corrected chi connectivity index (χ2v) is 12.6. The molecule has 0 amide bonds. The third-order valence-electron chi connectivity index (χ3n) is 6.93. The lowest BCUT2D eigenvalue weighted by Gasteiger charge is -2.42. The number of nitrogens with zero attached hydrogens (tertiary/aromatic N) is 4. The van der Waals surface area contributed by atoms with Gasteiger partial charge in [0.15, 0.2) is 11.6 Å². The van der Waals surface area contributed by atoms with Crippen LogP contribution in [0, 0.1) is 5.82 Å². The van der Waals surface area contributed by atoms with Crippen molar-refractivity contribution in [2.24, 2.45) is 0 Å². The Kier molecular flexibility index (Phi) is 7.91. The topological polar surface area (TPSA) is 127 Å². The van der Waals surface area contributed by atoms with E-state index in [1.54, 1.807) is 39.2 Å². The monoisotopic (exact) mass is 571 g/mol. The van der Waals surface area contributed by atoms with Crippen LogP contribution in [0.4, 0.5) is 10.2 Å². The lowest BCUT2D eigenvalue weighted by molar-refractivity contribution is 0.104. The molecule has 1 saturated heterocycles. The van der Waals surface area contributed by atoms with Crippen molar-refractivity contribution in [1.29, 1.82) is 0 Å². The van der Waals surface area contributed by atoms with Gasteiger partial charge in [0.25, 0.3) is 0 Å². The van der Waals surface area contributed by atoms with E-state index in [-0.39, 0.29) is 21.9 Å². The van der Waals surface area contributed by atoms with Gasteiger partial charge in [0.2, 0.25) is 0 Å². The van der Waals surface area contributed by atoms with Gasteiger partial charge < -0.3 is 20.3 Å². The van der Waals surface area contributed by atoms with Crippen LogP contribution in [0.2, 0.25) is 10.0 Å². The first kappa shape index (κ1) is 27.8. The Hall–Kier alpha value is -2.20. The quantitative estimate of drug-likeness (QED) is 0.245. The number of likely N-dealkylation sites (tertiary alicyclic amines) is 1. The number of nitrogens with two attached hydrogens (primary N) is 1. The molecule has 9 nitrogen and oxygen atoms in total. The Balaban J connectivity index is 1.49. The van der Waals surface area contributed by atoms with Gasteiger partial charge in [0.05, 0.1) is 17.3 Å². The number of benzene rings is 1. The highest BCUT2D eigenvalue weighted by Gasteiger charge is 2.44. The summed E-state index contributed by atoms with van der Waals surface area (Å²) in [5.74, 6) is -0.145. The fraction of sp³-hybridized carbons (Fsp3) is 0.417. The number of hydrogen-bond acceptors (Lipinski definition) is 6. The van der Waals surface area contributed by atoms with Crippen LogP contribution in [-0.4, -0.2) is 47.8 Å². The summed E-state index contributed by atoms with van der Waals surface area (Å²) in [4.78, 5) is 25.5. The van der Waals surface area contributed by atoms with Gasteiger partial charge in [0.1, 0.15) is 17.2 Å². The van der Waals surface area contributed by atoms with E-state index in [9.17, 15) is 18.7 Å². The maximum atomic E-state index is 14.0. The number of hydrogen-bond donors (Lipinski definition) is 3. The maximum absolute atomic E-state index is 14.0. The molecule has 1 unspecified atom stereocenters. The standard InChI is InChI=1S/C24H29Cl2FN5O4P/c1-14(21-18(25)4-5-19(27)22(21)26)36-20-10-15(11-29-23(20)28)16-12-30-32(13-16)17-6-8-31(9-7-17)24(2,3)37(33,34)35/h4-5,10-14,17H,6-9H2,1-3H3,(H2,28,29)(H2,33,34,35). The van der Waals surface area contributed by atoms with Crippen LogP contribution in [0.15, 0.2) is 36.8 Å². The summed E-state index contributed by atoms with van der Waals surface area (Å²) in [6, 6.07) is 4.43. The molecule has 1 aliphatic rings. The zero-order chi connectivity index (χ0) is 27.1. The Morgan fingerprint density at radius 3 is 2.54 bits per heavy atom. The number of nitrogen functional groups attached to an aromatic ring is 1. The van der Waals surface area contributed by atoms with E-state index in [4.69, 9.17) is 33.7 Å². The van der Waals surface area contributed by atoms with Gasteiger partial charge in [-0.25, -0.2) is 9.37 Å². The van der Waals surface area contributed by atoms with Crippen molar-refractivity contribution in [3.63, 3.8) is 0 Å². The molecule has 0 bridgehead atoms. The fourth-order valence-corrected chi connectivity index (χ4v) is 5.67. The van der Waals surface area contributed by atoms with Crippen LogP contribution in [0.1, 0.15) is 51.3 Å². The minimum Gasteiger partial charge on any atom is -0.482 e. The average molecular weight is 572 g/mol. The number of aromatic nitrogens is 3. The molecule has 1 aliphatic heterocycles. The summed E-state index contributed by atoms with van der Waals surface area (Å²) in [6.45, 7) is 5.93. The van der Waals surface area contributed by atoms with Gasteiger partial charge in [-0.05, 0) is 51.8 Å². The van der Waals surface area contributed by atoms with Crippen molar-refractivity contribution >= 4 is 36.6 Å². The normalized spacial score (nSPS) is 16.6. The number of anilines is 1. The van der Waals surface area contributed by atoms with Crippen molar-refractivity contribution in [2.75, 3.05) is 18.8 Å². The molecule has 4 N–H and O–H groups in total. The zero-order valence-electron chi connectivity index (χ0n) is 20.6.